The Morgan fingerprint density at radius 1 is 0.517 bits per heavy atom. The number of anilines is 4. The highest BCUT2D eigenvalue weighted by molar-refractivity contribution is 6.28. The van der Waals surface area contributed by atoms with Crippen molar-refractivity contribution in [2.75, 3.05) is 10.6 Å². The first-order valence-electron chi connectivity index (χ1n) is 9.16. The zero-order valence-electron chi connectivity index (χ0n) is 15.3. The van der Waals surface area contributed by atoms with E-state index in [0.29, 0.717) is 11.9 Å². The third-order valence-corrected chi connectivity index (χ3v) is 4.77. The molecule has 0 saturated carbocycles. The van der Waals surface area contributed by atoms with Crippen molar-refractivity contribution in [1.82, 2.24) is 15.0 Å². The number of para-hydroxylation sites is 1. The number of hydrogen-bond acceptors (Lipinski definition) is 5. The van der Waals surface area contributed by atoms with Crippen LogP contribution in [-0.2, 0) is 0 Å². The molecule has 6 heteroatoms. The molecule has 1 heterocycles. The van der Waals surface area contributed by atoms with Gasteiger partial charge in [0, 0.05) is 11.4 Å². The van der Waals surface area contributed by atoms with Gasteiger partial charge in [-0.05, 0) is 69.5 Å². The Morgan fingerprint density at radius 2 is 1.10 bits per heavy atom. The Balaban J connectivity index is 1.46. The van der Waals surface area contributed by atoms with Crippen molar-refractivity contribution in [3.8, 4) is 0 Å². The molecule has 0 atom stereocenters. The Labute approximate surface area is 172 Å². The van der Waals surface area contributed by atoms with Gasteiger partial charge in [-0.25, -0.2) is 0 Å². The summed E-state index contributed by atoms with van der Waals surface area (Å²) < 4.78 is 0. The lowest BCUT2D eigenvalue weighted by molar-refractivity contribution is 1.06. The van der Waals surface area contributed by atoms with Gasteiger partial charge in [0.05, 0.1) is 0 Å². The van der Waals surface area contributed by atoms with Gasteiger partial charge in [0.15, 0.2) is 0 Å². The maximum absolute atomic E-state index is 6.10. The molecule has 0 saturated heterocycles. The largest absolute Gasteiger partial charge is 0.324 e. The molecular formula is C23H16ClN5. The van der Waals surface area contributed by atoms with Gasteiger partial charge >= 0.3 is 0 Å². The predicted molar refractivity (Wildman–Crippen MR) is 119 cm³/mol. The van der Waals surface area contributed by atoms with Gasteiger partial charge in [-0.15, -0.1) is 0 Å². The second-order valence-corrected chi connectivity index (χ2v) is 6.97. The molecule has 29 heavy (non-hydrogen) atoms. The van der Waals surface area contributed by atoms with Gasteiger partial charge in [-0.3, -0.25) is 0 Å². The van der Waals surface area contributed by atoms with Crippen LogP contribution in [0.5, 0.6) is 0 Å². The molecular weight excluding hydrogens is 382 g/mol. The third-order valence-electron chi connectivity index (χ3n) is 4.60. The number of halogens is 1. The van der Waals surface area contributed by atoms with Gasteiger partial charge in [-0.2, -0.15) is 15.0 Å². The van der Waals surface area contributed by atoms with Gasteiger partial charge in [-0.1, -0.05) is 48.5 Å². The molecule has 0 aliphatic heterocycles. The van der Waals surface area contributed by atoms with Crippen LogP contribution in [0.3, 0.4) is 0 Å². The lowest BCUT2D eigenvalue weighted by Crippen LogP contribution is -2.03. The van der Waals surface area contributed by atoms with E-state index in [1.54, 1.807) is 0 Å². The molecule has 2 N–H and O–H groups in total. The molecule has 5 nitrogen and oxygen atoms in total. The summed E-state index contributed by atoms with van der Waals surface area (Å²) in [4.78, 5) is 12.8. The van der Waals surface area contributed by atoms with Crippen molar-refractivity contribution in [1.29, 1.82) is 0 Å². The summed E-state index contributed by atoms with van der Waals surface area (Å²) >= 11 is 6.10. The van der Waals surface area contributed by atoms with Crippen molar-refractivity contribution < 1.29 is 0 Å². The van der Waals surface area contributed by atoms with Crippen molar-refractivity contribution >= 4 is 56.4 Å². The summed E-state index contributed by atoms with van der Waals surface area (Å²) in [6.45, 7) is 0. The molecule has 0 aliphatic rings. The molecule has 0 amide bonds. The van der Waals surface area contributed by atoms with E-state index in [2.05, 4.69) is 68.1 Å². The minimum Gasteiger partial charge on any atom is -0.324 e. The molecule has 140 valence electrons. The quantitative estimate of drug-likeness (QED) is 0.347. The number of fused-ring (bicyclic) bond motifs is 2. The van der Waals surface area contributed by atoms with Gasteiger partial charge in [0.25, 0.3) is 0 Å². The molecule has 0 bridgehead atoms. The summed E-state index contributed by atoms with van der Waals surface area (Å²) in [6, 6.07) is 28.5. The van der Waals surface area contributed by atoms with E-state index in [-0.39, 0.29) is 5.28 Å². The minimum absolute atomic E-state index is 0.118. The van der Waals surface area contributed by atoms with E-state index in [9.17, 15) is 0 Å². The number of benzene rings is 4. The van der Waals surface area contributed by atoms with E-state index in [1.807, 2.05) is 42.5 Å². The normalized spacial score (nSPS) is 10.9. The second kappa shape index (κ2) is 7.37. The first-order chi connectivity index (χ1) is 14.2. The molecule has 0 unspecified atom stereocenters. The summed E-state index contributed by atoms with van der Waals surface area (Å²) in [5.41, 5.74) is 1.75. The van der Waals surface area contributed by atoms with Crippen molar-refractivity contribution in [2.24, 2.45) is 0 Å². The highest BCUT2D eigenvalue weighted by Crippen LogP contribution is 2.26. The number of hydrogen-bond donors (Lipinski definition) is 2. The zero-order valence-corrected chi connectivity index (χ0v) is 16.1. The summed E-state index contributed by atoms with van der Waals surface area (Å²) in [5, 5.41) is 11.2. The SMILES string of the molecule is Clc1nc(Nc2ccccc2)nc(Nc2ccc3cc4ccccc4cc3c2)n1. The standard InChI is InChI=1S/C23H16ClN5/c24-21-27-22(25-19-8-2-1-3-9-19)29-23(28-21)26-20-11-10-17-12-15-6-4-5-7-16(15)13-18(17)14-20/h1-14H,(H2,25,26,27,28,29). The van der Waals surface area contributed by atoms with Crippen molar-refractivity contribution in [2.45, 2.75) is 0 Å². The fourth-order valence-corrected chi connectivity index (χ4v) is 3.42. The minimum atomic E-state index is 0.118. The highest BCUT2D eigenvalue weighted by Gasteiger charge is 2.07. The smallest absolute Gasteiger partial charge is 0.233 e. The van der Waals surface area contributed by atoms with Crippen LogP contribution in [0, 0.1) is 0 Å². The molecule has 0 fully saturated rings. The fraction of sp³-hybridized carbons (Fsp3) is 0. The molecule has 0 aliphatic carbocycles. The average Bonchev–Trinajstić information content (AvgIpc) is 2.72. The number of nitrogens with zero attached hydrogens (tertiary/aromatic N) is 3. The molecule has 1 aromatic heterocycles. The Morgan fingerprint density at radius 3 is 1.83 bits per heavy atom. The van der Waals surface area contributed by atoms with Crippen LogP contribution in [-0.4, -0.2) is 15.0 Å². The predicted octanol–water partition coefficient (Wildman–Crippen LogP) is 6.32. The van der Waals surface area contributed by atoms with E-state index >= 15 is 0 Å². The molecule has 5 rings (SSSR count). The number of nitrogens with one attached hydrogen (secondary N) is 2. The average molecular weight is 398 g/mol. The van der Waals surface area contributed by atoms with E-state index in [4.69, 9.17) is 11.6 Å². The van der Waals surface area contributed by atoms with Crippen LogP contribution in [0.25, 0.3) is 21.5 Å². The Hall–Kier alpha value is -3.70. The van der Waals surface area contributed by atoms with Crippen molar-refractivity contribution in [3.63, 3.8) is 0 Å². The number of rotatable bonds is 4. The van der Waals surface area contributed by atoms with Crippen LogP contribution >= 0.6 is 11.6 Å². The van der Waals surface area contributed by atoms with Gasteiger partial charge in [0.1, 0.15) is 0 Å². The van der Waals surface area contributed by atoms with Crippen LogP contribution in [0.1, 0.15) is 0 Å². The first kappa shape index (κ1) is 17.4. The van der Waals surface area contributed by atoms with Crippen molar-refractivity contribution in [3.05, 3.63) is 90.2 Å². The maximum atomic E-state index is 6.10. The van der Waals surface area contributed by atoms with Crippen LogP contribution < -0.4 is 10.6 Å². The van der Waals surface area contributed by atoms with Gasteiger partial charge < -0.3 is 10.6 Å². The summed E-state index contributed by atoms with van der Waals surface area (Å²) in [6.07, 6.45) is 0. The van der Waals surface area contributed by atoms with Crippen LogP contribution in [0.15, 0.2) is 84.9 Å². The first-order valence-corrected chi connectivity index (χ1v) is 9.54. The lowest BCUT2D eigenvalue weighted by Gasteiger charge is -2.10. The Kier molecular flexibility index (Phi) is 4.42. The van der Waals surface area contributed by atoms with E-state index in [1.165, 1.54) is 16.2 Å². The zero-order chi connectivity index (χ0) is 19.6. The van der Waals surface area contributed by atoms with Gasteiger partial charge in [0.2, 0.25) is 17.2 Å². The summed E-state index contributed by atoms with van der Waals surface area (Å²) in [7, 11) is 0. The third kappa shape index (κ3) is 3.81. The fourth-order valence-electron chi connectivity index (χ4n) is 3.26. The molecule has 0 radical (unpaired) electrons. The molecule has 5 aromatic rings. The highest BCUT2D eigenvalue weighted by atomic mass is 35.5. The maximum Gasteiger partial charge on any atom is 0.233 e. The van der Waals surface area contributed by atoms with E-state index in [0.717, 1.165) is 16.8 Å². The lowest BCUT2D eigenvalue weighted by atomic mass is 10.0. The monoisotopic (exact) mass is 397 g/mol. The molecule has 4 aromatic carbocycles. The van der Waals surface area contributed by atoms with E-state index < -0.39 is 0 Å². The van der Waals surface area contributed by atoms with Crippen LogP contribution in [0.2, 0.25) is 5.28 Å². The second-order valence-electron chi connectivity index (χ2n) is 6.63. The number of aromatic nitrogens is 3. The molecule has 0 spiro atoms. The van der Waals surface area contributed by atoms with Crippen LogP contribution in [0.4, 0.5) is 23.3 Å². The topological polar surface area (TPSA) is 62.7 Å². The Bertz CT molecular complexity index is 1320. The summed E-state index contributed by atoms with van der Waals surface area (Å²) in [5.74, 6) is 0.758.